The SMILES string of the molecule is CC(NC(=O)CN1C(=O)CCOc2ccccc21)c1ccc2ccccc2c1. The van der Waals surface area contributed by atoms with Gasteiger partial charge < -0.3 is 10.1 Å². The maximum atomic E-state index is 12.7. The van der Waals surface area contributed by atoms with Crippen LogP contribution in [-0.2, 0) is 9.59 Å². The first kappa shape index (κ1) is 18.0. The first-order valence-electron chi connectivity index (χ1n) is 9.42. The molecule has 2 amide bonds. The highest BCUT2D eigenvalue weighted by Gasteiger charge is 2.25. The summed E-state index contributed by atoms with van der Waals surface area (Å²) in [5, 5.41) is 5.30. The number of ether oxygens (including phenoxy) is 1. The fourth-order valence-corrected chi connectivity index (χ4v) is 3.48. The molecular weight excluding hydrogens is 352 g/mol. The molecule has 1 unspecified atom stereocenters. The van der Waals surface area contributed by atoms with E-state index in [1.807, 2.05) is 43.3 Å². The molecule has 0 saturated carbocycles. The van der Waals surface area contributed by atoms with Crippen LogP contribution in [-0.4, -0.2) is 25.0 Å². The molecule has 28 heavy (non-hydrogen) atoms. The van der Waals surface area contributed by atoms with E-state index in [1.165, 1.54) is 4.90 Å². The van der Waals surface area contributed by atoms with Crippen molar-refractivity contribution in [2.24, 2.45) is 0 Å². The lowest BCUT2D eigenvalue weighted by Gasteiger charge is -2.23. The van der Waals surface area contributed by atoms with Crippen molar-refractivity contribution in [3.8, 4) is 5.75 Å². The van der Waals surface area contributed by atoms with Crippen LogP contribution in [0.2, 0.25) is 0 Å². The average molecular weight is 374 g/mol. The Labute approximate surface area is 163 Å². The van der Waals surface area contributed by atoms with Crippen LogP contribution in [0.1, 0.15) is 24.9 Å². The Kier molecular flexibility index (Phi) is 4.98. The average Bonchev–Trinajstić information content (AvgIpc) is 2.86. The Morgan fingerprint density at radius 2 is 1.82 bits per heavy atom. The minimum absolute atomic E-state index is 0.0306. The summed E-state index contributed by atoms with van der Waals surface area (Å²) in [6.07, 6.45) is 0.252. The number of carbonyl (C=O) groups excluding carboxylic acids is 2. The van der Waals surface area contributed by atoms with Gasteiger partial charge in [0.2, 0.25) is 11.8 Å². The van der Waals surface area contributed by atoms with E-state index < -0.39 is 0 Å². The van der Waals surface area contributed by atoms with E-state index in [0.29, 0.717) is 18.0 Å². The van der Waals surface area contributed by atoms with Crippen LogP contribution in [0.4, 0.5) is 5.69 Å². The maximum absolute atomic E-state index is 12.7. The molecule has 0 aliphatic carbocycles. The van der Waals surface area contributed by atoms with Crippen LogP contribution < -0.4 is 15.0 Å². The summed E-state index contributed by atoms with van der Waals surface area (Å²) >= 11 is 0. The van der Waals surface area contributed by atoms with E-state index in [2.05, 4.69) is 29.6 Å². The van der Waals surface area contributed by atoms with Crippen molar-refractivity contribution < 1.29 is 14.3 Å². The third-order valence-electron chi connectivity index (χ3n) is 4.98. The number of hydrogen-bond acceptors (Lipinski definition) is 3. The van der Waals surface area contributed by atoms with Gasteiger partial charge in [0.05, 0.1) is 24.8 Å². The van der Waals surface area contributed by atoms with Crippen molar-refractivity contribution in [1.29, 1.82) is 0 Å². The molecule has 0 radical (unpaired) electrons. The molecule has 0 saturated heterocycles. The van der Waals surface area contributed by atoms with E-state index >= 15 is 0 Å². The zero-order valence-corrected chi connectivity index (χ0v) is 15.7. The van der Waals surface area contributed by atoms with Gasteiger partial charge in [0.15, 0.2) is 0 Å². The van der Waals surface area contributed by atoms with Gasteiger partial charge in [0.1, 0.15) is 12.3 Å². The second-order valence-electron chi connectivity index (χ2n) is 6.94. The molecule has 5 heteroatoms. The van der Waals surface area contributed by atoms with E-state index in [0.717, 1.165) is 16.3 Å². The van der Waals surface area contributed by atoms with Crippen molar-refractivity contribution in [2.45, 2.75) is 19.4 Å². The normalized spacial score (nSPS) is 14.8. The molecular formula is C23H22N2O3. The highest BCUT2D eigenvalue weighted by molar-refractivity contribution is 6.00. The minimum atomic E-state index is -0.203. The molecule has 4 rings (SSSR count). The summed E-state index contributed by atoms with van der Waals surface area (Å²) in [4.78, 5) is 26.7. The molecule has 3 aromatic rings. The van der Waals surface area contributed by atoms with Gasteiger partial charge in [-0.25, -0.2) is 0 Å². The lowest BCUT2D eigenvalue weighted by atomic mass is 10.0. The molecule has 0 bridgehead atoms. The van der Waals surface area contributed by atoms with E-state index in [1.54, 1.807) is 6.07 Å². The van der Waals surface area contributed by atoms with Crippen molar-refractivity contribution >= 4 is 28.3 Å². The zero-order chi connectivity index (χ0) is 19.5. The molecule has 1 aliphatic rings. The number of rotatable bonds is 4. The second-order valence-corrected chi connectivity index (χ2v) is 6.94. The number of nitrogens with one attached hydrogen (secondary N) is 1. The number of amides is 2. The van der Waals surface area contributed by atoms with Gasteiger partial charge in [-0.15, -0.1) is 0 Å². The van der Waals surface area contributed by atoms with Gasteiger partial charge >= 0.3 is 0 Å². The molecule has 142 valence electrons. The standard InChI is InChI=1S/C23H22N2O3/c1-16(18-11-10-17-6-2-3-7-19(17)14-18)24-22(26)15-25-20-8-4-5-9-21(20)28-13-12-23(25)27/h2-11,14,16H,12-13,15H2,1H3,(H,24,26). The predicted molar refractivity (Wildman–Crippen MR) is 109 cm³/mol. The van der Waals surface area contributed by atoms with Gasteiger partial charge in [-0.05, 0) is 41.5 Å². The molecule has 1 heterocycles. The fourth-order valence-electron chi connectivity index (χ4n) is 3.48. The van der Waals surface area contributed by atoms with Crippen molar-refractivity contribution in [3.05, 3.63) is 72.3 Å². The van der Waals surface area contributed by atoms with Gasteiger partial charge in [-0.1, -0.05) is 48.5 Å². The molecule has 1 N–H and O–H groups in total. The number of anilines is 1. The van der Waals surface area contributed by atoms with Gasteiger partial charge in [0.25, 0.3) is 0 Å². The minimum Gasteiger partial charge on any atom is -0.491 e. The van der Waals surface area contributed by atoms with E-state index in [9.17, 15) is 9.59 Å². The number of fused-ring (bicyclic) bond motifs is 2. The lowest BCUT2D eigenvalue weighted by molar-refractivity contribution is -0.124. The number of hydrogen-bond donors (Lipinski definition) is 1. The first-order chi connectivity index (χ1) is 13.6. The van der Waals surface area contributed by atoms with Crippen LogP contribution in [0.25, 0.3) is 10.8 Å². The fraction of sp³-hybridized carbons (Fsp3) is 0.217. The highest BCUT2D eigenvalue weighted by Crippen LogP contribution is 2.30. The van der Waals surface area contributed by atoms with Gasteiger partial charge in [-0.3, -0.25) is 14.5 Å². The maximum Gasteiger partial charge on any atom is 0.240 e. The summed E-state index contributed by atoms with van der Waals surface area (Å²) in [5.74, 6) is 0.313. The lowest BCUT2D eigenvalue weighted by Crippen LogP contribution is -2.41. The molecule has 3 aromatic carbocycles. The Balaban J connectivity index is 1.49. The van der Waals surface area contributed by atoms with Crippen molar-refractivity contribution in [3.63, 3.8) is 0 Å². The Morgan fingerprint density at radius 1 is 1.07 bits per heavy atom. The van der Waals surface area contributed by atoms with E-state index in [4.69, 9.17) is 4.74 Å². The Hall–Kier alpha value is -3.34. The van der Waals surface area contributed by atoms with Crippen LogP contribution >= 0.6 is 0 Å². The van der Waals surface area contributed by atoms with E-state index in [-0.39, 0.29) is 30.8 Å². The van der Waals surface area contributed by atoms with Gasteiger partial charge in [0, 0.05) is 0 Å². The summed E-state index contributed by atoms with van der Waals surface area (Å²) in [6.45, 7) is 2.24. The molecule has 0 fully saturated rings. The molecule has 1 aliphatic heterocycles. The topological polar surface area (TPSA) is 58.6 Å². The summed E-state index contributed by atoms with van der Waals surface area (Å²) < 4.78 is 5.63. The third-order valence-corrected chi connectivity index (χ3v) is 4.98. The second kappa shape index (κ2) is 7.72. The zero-order valence-electron chi connectivity index (χ0n) is 15.7. The molecule has 0 aromatic heterocycles. The molecule has 0 spiro atoms. The van der Waals surface area contributed by atoms with Gasteiger partial charge in [-0.2, -0.15) is 0 Å². The quantitative estimate of drug-likeness (QED) is 0.755. The van der Waals surface area contributed by atoms with Crippen LogP contribution in [0.5, 0.6) is 5.75 Å². The first-order valence-corrected chi connectivity index (χ1v) is 9.42. The molecule has 1 atom stereocenters. The van der Waals surface area contributed by atoms with Crippen LogP contribution in [0, 0.1) is 0 Å². The summed E-state index contributed by atoms with van der Waals surface area (Å²) in [7, 11) is 0. The molecule has 5 nitrogen and oxygen atoms in total. The third kappa shape index (κ3) is 3.69. The largest absolute Gasteiger partial charge is 0.491 e. The number of benzene rings is 3. The Bertz CT molecular complexity index is 1030. The van der Waals surface area contributed by atoms with Crippen LogP contribution in [0.3, 0.4) is 0 Å². The number of carbonyl (C=O) groups is 2. The number of nitrogens with zero attached hydrogens (tertiary/aromatic N) is 1. The smallest absolute Gasteiger partial charge is 0.240 e. The summed E-state index contributed by atoms with van der Waals surface area (Å²) in [6, 6.07) is 21.4. The Morgan fingerprint density at radius 3 is 2.68 bits per heavy atom. The van der Waals surface area contributed by atoms with Crippen molar-refractivity contribution in [2.75, 3.05) is 18.1 Å². The highest BCUT2D eigenvalue weighted by atomic mass is 16.5. The monoisotopic (exact) mass is 374 g/mol. The van der Waals surface area contributed by atoms with Crippen LogP contribution in [0.15, 0.2) is 66.7 Å². The van der Waals surface area contributed by atoms with Crippen molar-refractivity contribution in [1.82, 2.24) is 5.32 Å². The number of para-hydroxylation sites is 2. The summed E-state index contributed by atoms with van der Waals surface area (Å²) in [5.41, 5.74) is 1.66. The predicted octanol–water partition coefficient (Wildman–Crippen LogP) is 3.83.